The van der Waals surface area contributed by atoms with Crippen molar-refractivity contribution in [3.05, 3.63) is 12.5 Å². The first kappa shape index (κ1) is 15.0. The van der Waals surface area contributed by atoms with Crippen LogP contribution < -0.4 is 0 Å². The Hall–Kier alpha value is -1.41. The predicted octanol–water partition coefficient (Wildman–Crippen LogP) is -0.0910. The molecule has 0 radical (unpaired) electrons. The van der Waals surface area contributed by atoms with Crippen LogP contribution in [-0.2, 0) is 21.9 Å². The van der Waals surface area contributed by atoms with Gasteiger partial charge in [0.25, 0.3) is 10.0 Å². The van der Waals surface area contributed by atoms with Gasteiger partial charge in [0.05, 0.1) is 12.2 Å². The molecule has 1 aliphatic heterocycles. The summed E-state index contributed by atoms with van der Waals surface area (Å²) in [5.41, 5.74) is 0. The summed E-state index contributed by atoms with van der Waals surface area (Å²) in [5, 5.41) is 0.0398. The van der Waals surface area contributed by atoms with Crippen molar-refractivity contribution in [3.63, 3.8) is 0 Å². The quantitative estimate of drug-likeness (QED) is 0.782. The van der Waals surface area contributed by atoms with E-state index in [0.717, 1.165) is 6.42 Å². The van der Waals surface area contributed by atoms with E-state index in [2.05, 4.69) is 4.98 Å². The second-order valence-electron chi connectivity index (χ2n) is 5.31. The zero-order chi connectivity index (χ0) is 14.9. The van der Waals surface area contributed by atoms with Gasteiger partial charge in [0, 0.05) is 40.4 Å². The molecule has 7 nitrogen and oxygen atoms in total. The van der Waals surface area contributed by atoms with E-state index < -0.39 is 10.0 Å². The second kappa shape index (κ2) is 5.53. The summed E-state index contributed by atoms with van der Waals surface area (Å²) in [7, 11) is 1.50. The van der Waals surface area contributed by atoms with E-state index in [-0.39, 0.29) is 23.4 Å². The summed E-state index contributed by atoms with van der Waals surface area (Å²) >= 11 is 0. The Kier molecular flexibility index (Phi) is 4.14. The fourth-order valence-corrected chi connectivity index (χ4v) is 3.87. The molecule has 1 aromatic rings. The summed E-state index contributed by atoms with van der Waals surface area (Å²) in [6, 6.07) is 0. The van der Waals surface area contributed by atoms with E-state index >= 15 is 0 Å². The van der Waals surface area contributed by atoms with Crippen molar-refractivity contribution in [3.8, 4) is 0 Å². The molecule has 2 rings (SSSR count). The molecule has 1 aliphatic rings. The van der Waals surface area contributed by atoms with Crippen LogP contribution in [0.4, 0.5) is 0 Å². The van der Waals surface area contributed by atoms with E-state index in [4.69, 9.17) is 0 Å². The van der Waals surface area contributed by atoms with Gasteiger partial charge in [-0.3, -0.25) is 4.79 Å². The maximum Gasteiger partial charge on any atom is 0.262 e. The molecule has 0 saturated carbocycles. The Morgan fingerprint density at radius 2 is 2.15 bits per heavy atom. The van der Waals surface area contributed by atoms with E-state index in [9.17, 15) is 13.2 Å². The minimum Gasteiger partial charge on any atom is -0.349 e. The Labute approximate surface area is 119 Å². The van der Waals surface area contributed by atoms with Crippen molar-refractivity contribution < 1.29 is 13.2 Å². The van der Waals surface area contributed by atoms with E-state index in [1.54, 1.807) is 25.7 Å². The number of carbonyl (C=O) groups is 1. The van der Waals surface area contributed by atoms with Crippen molar-refractivity contribution in [1.29, 1.82) is 0 Å². The molecule has 0 N–H and O–H groups in total. The fraction of sp³-hybridized carbons (Fsp3) is 0.667. The van der Waals surface area contributed by atoms with Crippen molar-refractivity contribution in [1.82, 2.24) is 18.8 Å². The third-order valence-corrected chi connectivity index (χ3v) is 5.21. The minimum absolute atomic E-state index is 0.0223. The number of amides is 1. The molecular weight excluding hydrogens is 280 g/mol. The summed E-state index contributed by atoms with van der Waals surface area (Å²) < 4.78 is 27.9. The van der Waals surface area contributed by atoms with Crippen molar-refractivity contribution in [2.75, 3.05) is 27.2 Å². The number of piperidine rings is 1. The molecule has 0 spiro atoms. The monoisotopic (exact) mass is 300 g/mol. The first-order chi connectivity index (χ1) is 9.32. The molecule has 8 heteroatoms. The molecule has 1 saturated heterocycles. The van der Waals surface area contributed by atoms with Crippen LogP contribution in [0.3, 0.4) is 0 Å². The molecule has 20 heavy (non-hydrogen) atoms. The van der Waals surface area contributed by atoms with Gasteiger partial charge in [0.15, 0.2) is 5.03 Å². The summed E-state index contributed by atoms with van der Waals surface area (Å²) in [6.45, 7) is 0.673. The average molecular weight is 300 g/mol. The van der Waals surface area contributed by atoms with Gasteiger partial charge in [-0.05, 0) is 12.8 Å². The molecule has 112 valence electrons. The van der Waals surface area contributed by atoms with Gasteiger partial charge in [-0.15, -0.1) is 0 Å². The number of hydrogen-bond acceptors (Lipinski definition) is 4. The van der Waals surface area contributed by atoms with E-state index in [1.807, 2.05) is 0 Å². The average Bonchev–Trinajstić information content (AvgIpc) is 2.85. The van der Waals surface area contributed by atoms with Crippen molar-refractivity contribution in [2.24, 2.45) is 13.0 Å². The van der Waals surface area contributed by atoms with Gasteiger partial charge in [0.2, 0.25) is 5.91 Å². The van der Waals surface area contributed by atoms with Crippen LogP contribution in [0, 0.1) is 5.92 Å². The molecule has 0 aliphatic carbocycles. The van der Waals surface area contributed by atoms with Gasteiger partial charge >= 0.3 is 0 Å². The van der Waals surface area contributed by atoms with Gasteiger partial charge in [0.1, 0.15) is 0 Å². The lowest BCUT2D eigenvalue weighted by Gasteiger charge is -2.31. The minimum atomic E-state index is -3.60. The van der Waals surface area contributed by atoms with Crippen LogP contribution in [0.1, 0.15) is 12.8 Å². The predicted molar refractivity (Wildman–Crippen MR) is 73.4 cm³/mol. The van der Waals surface area contributed by atoms with Crippen LogP contribution in [-0.4, -0.2) is 60.3 Å². The lowest BCUT2D eigenvalue weighted by Crippen LogP contribution is -2.45. The van der Waals surface area contributed by atoms with Crippen LogP contribution in [0.15, 0.2) is 17.6 Å². The highest BCUT2D eigenvalue weighted by molar-refractivity contribution is 7.89. The third-order valence-electron chi connectivity index (χ3n) is 3.46. The molecule has 0 aromatic carbocycles. The molecule has 0 unspecified atom stereocenters. The molecular formula is C12H20N4O3S. The Morgan fingerprint density at radius 3 is 2.70 bits per heavy atom. The summed E-state index contributed by atoms with van der Waals surface area (Å²) in [4.78, 5) is 17.4. The number of sulfonamides is 1. The normalized spacial score (nSPS) is 20.9. The van der Waals surface area contributed by atoms with Gasteiger partial charge < -0.3 is 9.47 Å². The van der Waals surface area contributed by atoms with Gasteiger partial charge in [-0.2, -0.15) is 4.31 Å². The topological polar surface area (TPSA) is 75.5 Å². The smallest absolute Gasteiger partial charge is 0.262 e. The molecule has 1 fully saturated rings. The number of aryl methyl sites for hydroxylation is 1. The van der Waals surface area contributed by atoms with Gasteiger partial charge in [-0.25, -0.2) is 13.4 Å². The van der Waals surface area contributed by atoms with Crippen LogP contribution in [0.2, 0.25) is 0 Å². The van der Waals surface area contributed by atoms with Crippen molar-refractivity contribution in [2.45, 2.75) is 17.9 Å². The standard InChI is InChI=1S/C12H20N4O3S/c1-14(2)12(17)10-5-4-6-16(7-10)20(18,19)11-8-15(3)9-13-11/h8-10H,4-7H2,1-3H3/t10-/m1/s1. The van der Waals surface area contributed by atoms with Crippen LogP contribution in [0.25, 0.3) is 0 Å². The Bertz CT molecular complexity index is 594. The van der Waals surface area contributed by atoms with Crippen LogP contribution >= 0.6 is 0 Å². The zero-order valence-corrected chi connectivity index (χ0v) is 12.8. The van der Waals surface area contributed by atoms with E-state index in [0.29, 0.717) is 13.0 Å². The number of hydrogen-bond donors (Lipinski definition) is 0. The Morgan fingerprint density at radius 1 is 1.45 bits per heavy atom. The van der Waals surface area contributed by atoms with E-state index in [1.165, 1.54) is 21.7 Å². The highest BCUT2D eigenvalue weighted by atomic mass is 32.2. The highest BCUT2D eigenvalue weighted by Crippen LogP contribution is 2.23. The molecule has 1 amide bonds. The number of aromatic nitrogens is 2. The maximum absolute atomic E-state index is 12.5. The van der Waals surface area contributed by atoms with Crippen molar-refractivity contribution >= 4 is 15.9 Å². The molecule has 1 aromatic heterocycles. The molecule has 1 atom stereocenters. The maximum atomic E-state index is 12.5. The number of rotatable bonds is 3. The fourth-order valence-electron chi connectivity index (χ4n) is 2.38. The SMILES string of the molecule is CN(C)C(=O)[C@@H]1CCCN(S(=O)(=O)c2cn(C)cn2)C1. The summed E-state index contributed by atoms with van der Waals surface area (Å²) in [6.07, 6.45) is 4.35. The van der Waals surface area contributed by atoms with Crippen LogP contribution in [0.5, 0.6) is 0 Å². The molecule has 2 heterocycles. The largest absolute Gasteiger partial charge is 0.349 e. The first-order valence-electron chi connectivity index (χ1n) is 6.51. The van der Waals surface area contributed by atoms with Gasteiger partial charge in [-0.1, -0.05) is 0 Å². The number of imidazole rings is 1. The summed E-state index contributed by atoms with van der Waals surface area (Å²) in [5.74, 6) is -0.289. The molecule has 0 bridgehead atoms. The number of carbonyl (C=O) groups excluding carboxylic acids is 1. The lowest BCUT2D eigenvalue weighted by molar-refractivity contribution is -0.134. The third kappa shape index (κ3) is 2.85. The first-order valence-corrected chi connectivity index (χ1v) is 7.95. The number of nitrogens with zero attached hydrogens (tertiary/aromatic N) is 4. The lowest BCUT2D eigenvalue weighted by atomic mass is 9.98. The highest BCUT2D eigenvalue weighted by Gasteiger charge is 2.34. The Balaban J connectivity index is 2.18. The zero-order valence-electron chi connectivity index (χ0n) is 12.0. The second-order valence-corrected chi connectivity index (χ2v) is 7.20.